The van der Waals surface area contributed by atoms with E-state index in [2.05, 4.69) is 10.2 Å². The molecule has 3 rings (SSSR count). The van der Waals surface area contributed by atoms with Crippen LogP contribution in [0.3, 0.4) is 0 Å². The van der Waals surface area contributed by atoms with Crippen molar-refractivity contribution in [3.05, 3.63) is 30.3 Å². The van der Waals surface area contributed by atoms with Gasteiger partial charge in [-0.05, 0) is 18.6 Å². The van der Waals surface area contributed by atoms with Gasteiger partial charge in [0.15, 0.2) is 9.84 Å². The molecule has 0 radical (unpaired) electrons. The van der Waals surface area contributed by atoms with Crippen LogP contribution in [0, 0.1) is 0 Å². The Morgan fingerprint density at radius 1 is 1.09 bits per heavy atom. The van der Waals surface area contributed by atoms with Gasteiger partial charge in [0, 0.05) is 37.9 Å². The SMILES string of the molecule is O=C(Nc1ccccc1)N1CCN(C2CCS(=O)(=O)C2)CC1. The van der Waals surface area contributed by atoms with Gasteiger partial charge in [-0.3, -0.25) is 4.90 Å². The van der Waals surface area contributed by atoms with E-state index in [-0.39, 0.29) is 17.8 Å². The van der Waals surface area contributed by atoms with Gasteiger partial charge in [-0.2, -0.15) is 0 Å². The lowest BCUT2D eigenvalue weighted by Crippen LogP contribution is -2.53. The molecule has 1 unspecified atom stereocenters. The first-order valence-corrected chi connectivity index (χ1v) is 9.41. The number of hydrogen-bond donors (Lipinski definition) is 1. The third-order valence-electron chi connectivity index (χ3n) is 4.35. The van der Waals surface area contributed by atoms with Gasteiger partial charge in [-0.1, -0.05) is 18.2 Å². The van der Waals surface area contributed by atoms with Crippen LogP contribution in [-0.4, -0.2) is 68.0 Å². The molecular weight excluding hydrogens is 302 g/mol. The quantitative estimate of drug-likeness (QED) is 0.882. The van der Waals surface area contributed by atoms with Gasteiger partial charge >= 0.3 is 6.03 Å². The van der Waals surface area contributed by atoms with Crippen LogP contribution < -0.4 is 5.32 Å². The summed E-state index contributed by atoms with van der Waals surface area (Å²) in [6, 6.07) is 9.43. The molecule has 0 spiro atoms. The Balaban J connectivity index is 1.50. The number of amides is 2. The fourth-order valence-corrected chi connectivity index (χ4v) is 4.84. The van der Waals surface area contributed by atoms with E-state index in [1.807, 2.05) is 30.3 Å². The van der Waals surface area contributed by atoms with Crippen molar-refractivity contribution in [2.24, 2.45) is 0 Å². The summed E-state index contributed by atoms with van der Waals surface area (Å²) in [7, 11) is -2.85. The molecule has 0 saturated carbocycles. The smallest absolute Gasteiger partial charge is 0.321 e. The fraction of sp³-hybridized carbons (Fsp3) is 0.533. The van der Waals surface area contributed by atoms with Crippen LogP contribution in [0.2, 0.25) is 0 Å². The summed E-state index contributed by atoms with van der Waals surface area (Å²) in [4.78, 5) is 16.2. The van der Waals surface area contributed by atoms with Crippen molar-refractivity contribution in [2.75, 3.05) is 43.0 Å². The van der Waals surface area contributed by atoms with E-state index in [0.29, 0.717) is 18.8 Å². The predicted molar refractivity (Wildman–Crippen MR) is 85.7 cm³/mol. The maximum atomic E-state index is 12.2. The number of carbonyl (C=O) groups excluding carboxylic acids is 1. The van der Waals surface area contributed by atoms with Gasteiger partial charge in [-0.25, -0.2) is 13.2 Å². The molecule has 2 amide bonds. The lowest BCUT2D eigenvalue weighted by atomic mass is 10.2. The maximum absolute atomic E-state index is 12.2. The van der Waals surface area contributed by atoms with E-state index in [0.717, 1.165) is 25.2 Å². The number of rotatable bonds is 2. The van der Waals surface area contributed by atoms with Crippen LogP contribution in [-0.2, 0) is 9.84 Å². The van der Waals surface area contributed by atoms with Gasteiger partial charge in [0.05, 0.1) is 11.5 Å². The number of para-hydroxylation sites is 1. The first kappa shape index (κ1) is 15.3. The standard InChI is InChI=1S/C15H21N3O3S/c19-15(16-13-4-2-1-3-5-13)18-9-7-17(8-10-18)14-6-11-22(20,21)12-14/h1-5,14H,6-12H2,(H,16,19). The topological polar surface area (TPSA) is 69.7 Å². The normalized spacial score (nSPS) is 25.1. The largest absolute Gasteiger partial charge is 0.322 e. The van der Waals surface area contributed by atoms with Gasteiger partial charge in [0.1, 0.15) is 0 Å². The molecule has 0 aliphatic carbocycles. The molecule has 1 atom stereocenters. The predicted octanol–water partition coefficient (Wildman–Crippen LogP) is 1.02. The number of anilines is 1. The molecule has 7 heteroatoms. The lowest BCUT2D eigenvalue weighted by Gasteiger charge is -2.37. The second kappa shape index (κ2) is 6.26. The summed E-state index contributed by atoms with van der Waals surface area (Å²) in [5.41, 5.74) is 0.789. The Kier molecular flexibility index (Phi) is 4.35. The van der Waals surface area contributed by atoms with Crippen molar-refractivity contribution in [3.8, 4) is 0 Å². The Bertz CT molecular complexity index is 625. The van der Waals surface area contributed by atoms with E-state index in [1.165, 1.54) is 0 Å². The second-order valence-electron chi connectivity index (χ2n) is 5.88. The van der Waals surface area contributed by atoms with Gasteiger partial charge < -0.3 is 10.2 Å². The third-order valence-corrected chi connectivity index (χ3v) is 6.10. The van der Waals surface area contributed by atoms with Crippen molar-refractivity contribution in [2.45, 2.75) is 12.5 Å². The van der Waals surface area contributed by atoms with Crippen molar-refractivity contribution in [3.63, 3.8) is 0 Å². The van der Waals surface area contributed by atoms with E-state index in [9.17, 15) is 13.2 Å². The van der Waals surface area contributed by atoms with E-state index < -0.39 is 9.84 Å². The Morgan fingerprint density at radius 2 is 1.77 bits per heavy atom. The molecule has 2 aliphatic heterocycles. The number of nitrogens with zero attached hydrogens (tertiary/aromatic N) is 2. The number of benzene rings is 1. The van der Waals surface area contributed by atoms with Crippen LogP contribution in [0.25, 0.3) is 0 Å². The van der Waals surface area contributed by atoms with Crippen molar-refractivity contribution >= 4 is 21.6 Å². The number of piperazine rings is 1. The fourth-order valence-electron chi connectivity index (χ4n) is 3.08. The molecule has 2 aliphatic rings. The van der Waals surface area contributed by atoms with E-state index in [1.54, 1.807) is 4.90 Å². The molecule has 0 aromatic heterocycles. The Morgan fingerprint density at radius 3 is 2.36 bits per heavy atom. The monoisotopic (exact) mass is 323 g/mol. The first-order chi connectivity index (χ1) is 10.5. The summed E-state index contributed by atoms with van der Waals surface area (Å²) >= 11 is 0. The molecule has 120 valence electrons. The summed E-state index contributed by atoms with van der Waals surface area (Å²) in [6.07, 6.45) is 0.721. The van der Waals surface area contributed by atoms with Gasteiger partial charge in [-0.15, -0.1) is 0 Å². The zero-order valence-electron chi connectivity index (χ0n) is 12.4. The first-order valence-electron chi connectivity index (χ1n) is 7.59. The Hall–Kier alpha value is -1.60. The highest BCUT2D eigenvalue weighted by molar-refractivity contribution is 7.91. The van der Waals surface area contributed by atoms with Crippen LogP contribution in [0.4, 0.5) is 10.5 Å². The molecule has 6 nitrogen and oxygen atoms in total. The van der Waals surface area contributed by atoms with Gasteiger partial charge in [0.2, 0.25) is 0 Å². The van der Waals surface area contributed by atoms with Crippen molar-refractivity contribution < 1.29 is 13.2 Å². The zero-order chi connectivity index (χ0) is 15.6. The van der Waals surface area contributed by atoms with Crippen LogP contribution in [0.15, 0.2) is 30.3 Å². The molecule has 1 aromatic carbocycles. The minimum atomic E-state index is -2.85. The molecule has 1 N–H and O–H groups in total. The summed E-state index contributed by atoms with van der Waals surface area (Å²) < 4.78 is 23.1. The number of urea groups is 1. The minimum absolute atomic E-state index is 0.0927. The van der Waals surface area contributed by atoms with Crippen molar-refractivity contribution in [1.29, 1.82) is 0 Å². The molecule has 0 bridgehead atoms. The number of sulfone groups is 1. The number of nitrogens with one attached hydrogen (secondary N) is 1. The number of hydrogen-bond acceptors (Lipinski definition) is 4. The van der Waals surface area contributed by atoms with E-state index >= 15 is 0 Å². The zero-order valence-corrected chi connectivity index (χ0v) is 13.3. The minimum Gasteiger partial charge on any atom is -0.322 e. The van der Waals surface area contributed by atoms with Crippen LogP contribution in [0.5, 0.6) is 0 Å². The molecule has 1 aromatic rings. The highest BCUT2D eigenvalue weighted by Crippen LogP contribution is 2.19. The highest BCUT2D eigenvalue weighted by atomic mass is 32.2. The summed E-state index contributed by atoms with van der Waals surface area (Å²) in [5.74, 6) is 0.565. The van der Waals surface area contributed by atoms with Crippen LogP contribution >= 0.6 is 0 Å². The molecule has 2 fully saturated rings. The number of carbonyl (C=O) groups is 1. The van der Waals surface area contributed by atoms with Crippen LogP contribution in [0.1, 0.15) is 6.42 Å². The van der Waals surface area contributed by atoms with Crippen molar-refractivity contribution in [1.82, 2.24) is 9.80 Å². The molecular formula is C15H21N3O3S. The third kappa shape index (κ3) is 3.59. The summed E-state index contributed by atoms with van der Waals surface area (Å²) in [5, 5.41) is 2.88. The highest BCUT2D eigenvalue weighted by Gasteiger charge is 2.34. The summed E-state index contributed by atoms with van der Waals surface area (Å²) in [6.45, 7) is 2.75. The van der Waals surface area contributed by atoms with E-state index in [4.69, 9.17) is 0 Å². The van der Waals surface area contributed by atoms with Gasteiger partial charge in [0.25, 0.3) is 0 Å². The Labute approximate surface area is 131 Å². The lowest BCUT2D eigenvalue weighted by molar-refractivity contribution is 0.121. The average Bonchev–Trinajstić information content (AvgIpc) is 2.88. The second-order valence-corrected chi connectivity index (χ2v) is 8.10. The molecule has 2 heterocycles. The molecule has 2 saturated heterocycles. The molecule has 22 heavy (non-hydrogen) atoms. The maximum Gasteiger partial charge on any atom is 0.321 e. The average molecular weight is 323 g/mol.